The summed E-state index contributed by atoms with van der Waals surface area (Å²) in [4.78, 5) is 6.38. The van der Waals surface area contributed by atoms with E-state index >= 15 is 0 Å². The number of hydrogen-bond donors (Lipinski definition) is 0. The van der Waals surface area contributed by atoms with Crippen molar-refractivity contribution >= 4 is 5.82 Å². The molecule has 0 bridgehead atoms. The molecule has 0 spiro atoms. The number of hydrogen-bond acceptors (Lipinski definition) is 3. The van der Waals surface area contributed by atoms with Gasteiger partial charge >= 0.3 is 0 Å². The largest absolute Gasteiger partial charge is 0.490 e. The molecule has 0 aliphatic heterocycles. The summed E-state index contributed by atoms with van der Waals surface area (Å²) in [5, 5.41) is 0. The van der Waals surface area contributed by atoms with Crippen molar-refractivity contribution in [3.8, 4) is 5.75 Å². The molecule has 1 aromatic heterocycles. The van der Waals surface area contributed by atoms with Crippen molar-refractivity contribution in [2.24, 2.45) is 0 Å². The van der Waals surface area contributed by atoms with Gasteiger partial charge in [0.1, 0.15) is 11.6 Å². The maximum Gasteiger partial charge on any atom is 0.131 e. The number of anilines is 1. The molecule has 1 aromatic rings. The van der Waals surface area contributed by atoms with Crippen molar-refractivity contribution in [2.75, 3.05) is 19.0 Å². The van der Waals surface area contributed by atoms with Gasteiger partial charge in [-0.3, -0.25) is 0 Å². The van der Waals surface area contributed by atoms with E-state index in [2.05, 4.69) is 11.9 Å². The van der Waals surface area contributed by atoms with E-state index in [0.29, 0.717) is 6.10 Å². The SMILES string of the molecule is CCc1cnc(N(C)C)cc1OC1CC1. The van der Waals surface area contributed by atoms with Gasteiger partial charge < -0.3 is 9.64 Å². The minimum Gasteiger partial charge on any atom is -0.490 e. The molecule has 0 N–H and O–H groups in total. The highest BCUT2D eigenvalue weighted by atomic mass is 16.5. The maximum atomic E-state index is 5.87. The molecular formula is C12H18N2O. The zero-order valence-electron chi connectivity index (χ0n) is 9.66. The molecule has 1 heterocycles. The van der Waals surface area contributed by atoms with E-state index in [1.807, 2.05) is 31.3 Å². The standard InChI is InChI=1S/C12H18N2O/c1-4-9-8-13-12(14(2)3)7-11(9)15-10-5-6-10/h7-8,10H,4-6H2,1-3H3. The molecule has 0 radical (unpaired) electrons. The Bertz CT molecular complexity index is 345. The fraction of sp³-hybridized carbons (Fsp3) is 0.583. The Hall–Kier alpha value is -1.25. The lowest BCUT2D eigenvalue weighted by molar-refractivity contribution is 0.300. The minimum atomic E-state index is 0.452. The average molecular weight is 206 g/mol. The topological polar surface area (TPSA) is 25.4 Å². The van der Waals surface area contributed by atoms with Gasteiger partial charge in [-0.25, -0.2) is 4.98 Å². The van der Waals surface area contributed by atoms with Crippen LogP contribution in [0.5, 0.6) is 5.75 Å². The number of nitrogens with zero attached hydrogens (tertiary/aromatic N) is 2. The first kappa shape index (κ1) is 10.3. The number of aromatic nitrogens is 1. The zero-order valence-corrected chi connectivity index (χ0v) is 9.66. The minimum absolute atomic E-state index is 0.452. The summed E-state index contributed by atoms with van der Waals surface area (Å²) in [6, 6.07) is 2.04. The predicted molar refractivity (Wildman–Crippen MR) is 61.6 cm³/mol. The Morgan fingerprint density at radius 3 is 2.73 bits per heavy atom. The summed E-state index contributed by atoms with van der Waals surface area (Å²) in [5.74, 6) is 1.97. The summed E-state index contributed by atoms with van der Waals surface area (Å²) in [7, 11) is 3.99. The lowest BCUT2D eigenvalue weighted by Gasteiger charge is -2.15. The third kappa shape index (κ3) is 2.41. The quantitative estimate of drug-likeness (QED) is 0.755. The molecular weight excluding hydrogens is 188 g/mol. The van der Waals surface area contributed by atoms with Gasteiger partial charge in [0.2, 0.25) is 0 Å². The Balaban J connectivity index is 2.24. The van der Waals surface area contributed by atoms with Crippen LogP contribution in [0.25, 0.3) is 0 Å². The molecule has 1 aliphatic rings. The number of rotatable bonds is 4. The molecule has 0 unspecified atom stereocenters. The smallest absolute Gasteiger partial charge is 0.131 e. The van der Waals surface area contributed by atoms with Crippen LogP contribution in [0.2, 0.25) is 0 Å². The third-order valence-corrected chi connectivity index (χ3v) is 2.59. The van der Waals surface area contributed by atoms with Gasteiger partial charge in [0.05, 0.1) is 6.10 Å². The molecule has 2 rings (SSSR count). The molecule has 82 valence electrons. The normalized spacial score (nSPS) is 15.1. The highest BCUT2D eigenvalue weighted by Gasteiger charge is 2.24. The van der Waals surface area contributed by atoms with Crippen LogP contribution in [-0.2, 0) is 6.42 Å². The number of ether oxygens (including phenoxy) is 1. The number of pyridine rings is 1. The van der Waals surface area contributed by atoms with Crippen LogP contribution in [0.1, 0.15) is 25.3 Å². The summed E-state index contributed by atoms with van der Waals surface area (Å²) in [6.07, 6.45) is 5.74. The van der Waals surface area contributed by atoms with Crippen LogP contribution in [0.3, 0.4) is 0 Å². The first-order chi connectivity index (χ1) is 7.20. The molecule has 0 aromatic carbocycles. The van der Waals surface area contributed by atoms with Gasteiger partial charge in [0, 0.05) is 31.9 Å². The molecule has 15 heavy (non-hydrogen) atoms. The summed E-state index contributed by atoms with van der Waals surface area (Å²) < 4.78 is 5.87. The van der Waals surface area contributed by atoms with E-state index in [-0.39, 0.29) is 0 Å². The third-order valence-electron chi connectivity index (χ3n) is 2.59. The predicted octanol–water partition coefficient (Wildman–Crippen LogP) is 2.25. The van der Waals surface area contributed by atoms with E-state index in [1.54, 1.807) is 0 Å². The fourth-order valence-corrected chi connectivity index (χ4v) is 1.44. The van der Waals surface area contributed by atoms with Crippen LogP contribution >= 0.6 is 0 Å². The van der Waals surface area contributed by atoms with Crippen molar-refractivity contribution in [1.29, 1.82) is 0 Å². The van der Waals surface area contributed by atoms with Gasteiger partial charge in [-0.15, -0.1) is 0 Å². The highest BCUT2D eigenvalue weighted by molar-refractivity contribution is 5.46. The van der Waals surface area contributed by atoms with Crippen molar-refractivity contribution in [3.63, 3.8) is 0 Å². The van der Waals surface area contributed by atoms with Crippen molar-refractivity contribution < 1.29 is 4.74 Å². The second-order valence-corrected chi connectivity index (χ2v) is 4.22. The Morgan fingerprint density at radius 1 is 1.47 bits per heavy atom. The van der Waals surface area contributed by atoms with Gasteiger partial charge in [-0.2, -0.15) is 0 Å². The van der Waals surface area contributed by atoms with Crippen LogP contribution < -0.4 is 9.64 Å². The average Bonchev–Trinajstić information content (AvgIpc) is 3.01. The van der Waals surface area contributed by atoms with Crippen LogP contribution in [-0.4, -0.2) is 25.2 Å². The maximum absolute atomic E-state index is 5.87. The monoisotopic (exact) mass is 206 g/mol. The highest BCUT2D eigenvalue weighted by Crippen LogP contribution is 2.30. The molecule has 1 fully saturated rings. The van der Waals surface area contributed by atoms with E-state index < -0.39 is 0 Å². The lowest BCUT2D eigenvalue weighted by Crippen LogP contribution is -2.11. The summed E-state index contributed by atoms with van der Waals surface area (Å²) in [5.41, 5.74) is 1.20. The van der Waals surface area contributed by atoms with Crippen LogP contribution in [0, 0.1) is 0 Å². The van der Waals surface area contributed by atoms with Crippen LogP contribution in [0.15, 0.2) is 12.3 Å². The van der Waals surface area contributed by atoms with Gasteiger partial charge in [-0.05, 0) is 19.3 Å². The molecule has 3 heteroatoms. The molecule has 0 atom stereocenters. The van der Waals surface area contributed by atoms with Crippen LogP contribution in [0.4, 0.5) is 5.82 Å². The molecule has 1 aliphatic carbocycles. The zero-order chi connectivity index (χ0) is 10.8. The molecule has 1 saturated carbocycles. The summed E-state index contributed by atoms with van der Waals surface area (Å²) in [6.45, 7) is 2.13. The Labute approximate surface area is 91.1 Å². The Kier molecular flexibility index (Phi) is 2.80. The summed E-state index contributed by atoms with van der Waals surface area (Å²) >= 11 is 0. The molecule has 0 amide bonds. The van der Waals surface area contributed by atoms with Gasteiger partial charge in [0.25, 0.3) is 0 Å². The van der Waals surface area contributed by atoms with E-state index in [4.69, 9.17) is 4.74 Å². The first-order valence-electron chi connectivity index (χ1n) is 5.53. The van der Waals surface area contributed by atoms with Crippen molar-refractivity contribution in [3.05, 3.63) is 17.8 Å². The van der Waals surface area contributed by atoms with E-state index in [1.165, 1.54) is 18.4 Å². The van der Waals surface area contributed by atoms with E-state index in [0.717, 1.165) is 18.0 Å². The van der Waals surface area contributed by atoms with Crippen molar-refractivity contribution in [1.82, 2.24) is 4.98 Å². The second kappa shape index (κ2) is 4.09. The van der Waals surface area contributed by atoms with E-state index in [9.17, 15) is 0 Å². The molecule has 0 saturated heterocycles. The lowest BCUT2D eigenvalue weighted by atomic mass is 10.2. The van der Waals surface area contributed by atoms with Crippen molar-refractivity contribution in [2.45, 2.75) is 32.3 Å². The van der Waals surface area contributed by atoms with Gasteiger partial charge in [0.15, 0.2) is 0 Å². The molecule has 3 nitrogen and oxygen atoms in total. The fourth-order valence-electron chi connectivity index (χ4n) is 1.44. The van der Waals surface area contributed by atoms with Gasteiger partial charge in [-0.1, -0.05) is 6.92 Å². The first-order valence-corrected chi connectivity index (χ1v) is 5.53. The Morgan fingerprint density at radius 2 is 2.20 bits per heavy atom. The number of aryl methyl sites for hydroxylation is 1. The second-order valence-electron chi connectivity index (χ2n) is 4.22.